The van der Waals surface area contributed by atoms with Gasteiger partial charge in [0.2, 0.25) is 5.91 Å². The number of aromatic nitrogens is 4. The Morgan fingerprint density at radius 2 is 2.30 bits per heavy atom. The van der Waals surface area contributed by atoms with Crippen molar-refractivity contribution in [2.24, 2.45) is 0 Å². The van der Waals surface area contributed by atoms with Crippen molar-refractivity contribution < 1.29 is 4.79 Å². The highest BCUT2D eigenvalue weighted by Gasteiger charge is 2.26. The van der Waals surface area contributed by atoms with Crippen LogP contribution >= 0.6 is 0 Å². The molecule has 0 saturated carbocycles. The molecule has 1 unspecified atom stereocenters. The number of piperidine rings is 1. The first kappa shape index (κ1) is 14.1. The minimum absolute atomic E-state index is 0.224. The summed E-state index contributed by atoms with van der Waals surface area (Å²) in [5.74, 6) is 0.478. The van der Waals surface area contributed by atoms with E-state index in [2.05, 4.69) is 19.9 Å². The Labute approximate surface area is 133 Å². The normalized spacial score (nSPS) is 18.7. The molecule has 6 heteroatoms. The van der Waals surface area contributed by atoms with Gasteiger partial charge in [0.1, 0.15) is 12.0 Å². The van der Waals surface area contributed by atoms with Gasteiger partial charge in [-0.1, -0.05) is 6.92 Å². The fourth-order valence-electron chi connectivity index (χ4n) is 3.54. The summed E-state index contributed by atoms with van der Waals surface area (Å²) in [5.41, 5.74) is 2.75. The number of aromatic amines is 1. The predicted octanol–water partition coefficient (Wildman–Crippen LogP) is 2.62. The molecule has 1 saturated heterocycles. The molecule has 6 nitrogen and oxygen atoms in total. The second kappa shape index (κ2) is 5.61. The molecule has 0 aliphatic carbocycles. The average Bonchev–Trinajstić information content (AvgIpc) is 3.09. The Kier molecular flexibility index (Phi) is 3.44. The second-order valence-electron chi connectivity index (χ2n) is 6.05. The third-order valence-corrected chi connectivity index (χ3v) is 4.68. The number of likely N-dealkylation sites (tertiary alicyclic amines) is 1. The molecule has 0 spiro atoms. The molecular weight excluding hydrogens is 290 g/mol. The number of nitrogens with zero attached hydrogens (tertiary/aromatic N) is 4. The van der Waals surface area contributed by atoms with Crippen LogP contribution < -0.4 is 0 Å². The lowest BCUT2D eigenvalue weighted by Gasteiger charge is -2.32. The molecule has 1 atom stereocenters. The fraction of sp³-hybridized carbons (Fsp3) is 0.412. The Hall–Kier alpha value is -2.50. The molecule has 4 rings (SSSR count). The quantitative estimate of drug-likeness (QED) is 0.789. The number of nitrogens with one attached hydrogen (secondary N) is 1. The van der Waals surface area contributed by atoms with Gasteiger partial charge in [0.15, 0.2) is 0 Å². The maximum absolute atomic E-state index is 12.1. The van der Waals surface area contributed by atoms with Crippen LogP contribution in [-0.2, 0) is 4.79 Å². The Balaban J connectivity index is 1.82. The zero-order valence-electron chi connectivity index (χ0n) is 13.1. The highest BCUT2D eigenvalue weighted by atomic mass is 16.2. The van der Waals surface area contributed by atoms with Crippen LogP contribution in [0.15, 0.2) is 24.8 Å². The number of hydrogen-bond acceptors (Lipinski definition) is 4. The minimum Gasteiger partial charge on any atom is -0.346 e. The maximum Gasteiger partial charge on any atom is 0.222 e. The molecule has 118 valence electrons. The lowest BCUT2D eigenvalue weighted by molar-refractivity contribution is -0.132. The van der Waals surface area contributed by atoms with Crippen LogP contribution in [-0.4, -0.2) is 43.8 Å². The van der Waals surface area contributed by atoms with Gasteiger partial charge in [-0.25, -0.2) is 15.0 Å². The molecule has 4 heterocycles. The summed E-state index contributed by atoms with van der Waals surface area (Å²) in [6.07, 6.45) is 7.91. The first-order chi connectivity index (χ1) is 11.3. The number of rotatable bonds is 2. The van der Waals surface area contributed by atoms with E-state index in [1.54, 1.807) is 12.5 Å². The summed E-state index contributed by atoms with van der Waals surface area (Å²) in [6, 6.07) is 2.02. The molecule has 0 radical (unpaired) electrons. The summed E-state index contributed by atoms with van der Waals surface area (Å²) in [6.45, 7) is 3.52. The zero-order chi connectivity index (χ0) is 15.8. The van der Waals surface area contributed by atoms with Crippen molar-refractivity contribution >= 4 is 27.8 Å². The van der Waals surface area contributed by atoms with E-state index >= 15 is 0 Å². The van der Waals surface area contributed by atoms with E-state index in [-0.39, 0.29) is 11.8 Å². The van der Waals surface area contributed by atoms with E-state index in [9.17, 15) is 4.79 Å². The van der Waals surface area contributed by atoms with Crippen LogP contribution in [0.1, 0.15) is 37.8 Å². The van der Waals surface area contributed by atoms with Gasteiger partial charge in [-0.3, -0.25) is 4.79 Å². The fourth-order valence-corrected chi connectivity index (χ4v) is 3.54. The minimum atomic E-state index is 0.224. The van der Waals surface area contributed by atoms with Crippen molar-refractivity contribution in [3.63, 3.8) is 0 Å². The zero-order valence-corrected chi connectivity index (χ0v) is 13.1. The highest BCUT2D eigenvalue weighted by Crippen LogP contribution is 2.33. The number of hydrogen-bond donors (Lipinski definition) is 1. The van der Waals surface area contributed by atoms with Gasteiger partial charge in [0.05, 0.1) is 17.4 Å². The summed E-state index contributed by atoms with van der Waals surface area (Å²) in [4.78, 5) is 30.5. The van der Waals surface area contributed by atoms with Crippen molar-refractivity contribution in [3.05, 3.63) is 30.5 Å². The summed E-state index contributed by atoms with van der Waals surface area (Å²) in [5, 5.41) is 2.12. The maximum atomic E-state index is 12.1. The average molecular weight is 309 g/mol. The second-order valence-corrected chi connectivity index (χ2v) is 6.05. The topological polar surface area (TPSA) is 74.8 Å². The van der Waals surface area contributed by atoms with Gasteiger partial charge in [-0.05, 0) is 18.9 Å². The van der Waals surface area contributed by atoms with Gasteiger partial charge in [0, 0.05) is 42.4 Å². The van der Waals surface area contributed by atoms with E-state index in [1.807, 2.05) is 24.1 Å². The van der Waals surface area contributed by atoms with Gasteiger partial charge >= 0.3 is 0 Å². The van der Waals surface area contributed by atoms with Crippen LogP contribution in [0.4, 0.5) is 0 Å². The Morgan fingerprint density at radius 1 is 1.39 bits per heavy atom. The van der Waals surface area contributed by atoms with Gasteiger partial charge in [0.25, 0.3) is 0 Å². The third kappa shape index (κ3) is 2.34. The molecule has 0 aromatic carbocycles. The number of pyridine rings is 1. The third-order valence-electron chi connectivity index (χ3n) is 4.68. The van der Waals surface area contributed by atoms with Crippen molar-refractivity contribution in [1.29, 1.82) is 0 Å². The SMILES string of the molecule is CCC(=O)N1CCCC(c2ncnc3cnc4[nH]ccc4c23)C1. The van der Waals surface area contributed by atoms with E-state index in [0.717, 1.165) is 53.6 Å². The van der Waals surface area contributed by atoms with E-state index in [0.29, 0.717) is 6.42 Å². The largest absolute Gasteiger partial charge is 0.346 e. The standard InChI is InChI=1S/C17H19N5O/c1-2-14(23)22-7-3-4-11(9-22)16-15-12-5-6-18-17(12)19-8-13(15)20-10-21-16/h5-6,8,10-11H,2-4,7,9H2,1H3,(H,18,19). The molecule has 3 aromatic rings. The first-order valence-electron chi connectivity index (χ1n) is 8.12. The Bertz CT molecular complexity index is 872. The lowest BCUT2D eigenvalue weighted by atomic mass is 9.91. The van der Waals surface area contributed by atoms with Crippen molar-refractivity contribution in [2.75, 3.05) is 13.1 Å². The van der Waals surface area contributed by atoms with Crippen LogP contribution in [0.5, 0.6) is 0 Å². The molecule has 1 N–H and O–H groups in total. The number of H-pyrrole nitrogens is 1. The monoisotopic (exact) mass is 309 g/mol. The van der Waals surface area contributed by atoms with Gasteiger partial charge in [-0.2, -0.15) is 0 Å². The highest BCUT2D eigenvalue weighted by molar-refractivity contribution is 6.04. The van der Waals surface area contributed by atoms with Crippen LogP contribution in [0.2, 0.25) is 0 Å². The summed E-state index contributed by atoms with van der Waals surface area (Å²) >= 11 is 0. The number of amides is 1. The molecule has 0 bridgehead atoms. The van der Waals surface area contributed by atoms with Crippen LogP contribution in [0, 0.1) is 0 Å². The van der Waals surface area contributed by atoms with E-state index < -0.39 is 0 Å². The molecule has 23 heavy (non-hydrogen) atoms. The number of carbonyl (C=O) groups is 1. The smallest absolute Gasteiger partial charge is 0.222 e. The van der Waals surface area contributed by atoms with E-state index in [1.165, 1.54) is 0 Å². The molecule has 3 aromatic heterocycles. The van der Waals surface area contributed by atoms with Gasteiger partial charge in [-0.15, -0.1) is 0 Å². The number of carbonyl (C=O) groups excluding carboxylic acids is 1. The predicted molar refractivity (Wildman–Crippen MR) is 88.0 cm³/mol. The van der Waals surface area contributed by atoms with Gasteiger partial charge < -0.3 is 9.88 Å². The first-order valence-corrected chi connectivity index (χ1v) is 8.12. The molecule has 1 aliphatic rings. The summed E-state index contributed by atoms with van der Waals surface area (Å²) < 4.78 is 0. The molecule has 1 aliphatic heterocycles. The van der Waals surface area contributed by atoms with Crippen molar-refractivity contribution in [3.8, 4) is 0 Å². The Morgan fingerprint density at radius 3 is 3.17 bits per heavy atom. The molecule has 1 fully saturated rings. The molecular formula is C17H19N5O. The van der Waals surface area contributed by atoms with E-state index in [4.69, 9.17) is 0 Å². The van der Waals surface area contributed by atoms with Crippen LogP contribution in [0.25, 0.3) is 21.9 Å². The lowest BCUT2D eigenvalue weighted by Crippen LogP contribution is -2.39. The van der Waals surface area contributed by atoms with Crippen LogP contribution in [0.3, 0.4) is 0 Å². The molecule has 1 amide bonds. The van der Waals surface area contributed by atoms with Crippen molar-refractivity contribution in [2.45, 2.75) is 32.1 Å². The summed E-state index contributed by atoms with van der Waals surface area (Å²) in [7, 11) is 0. The van der Waals surface area contributed by atoms with Crippen molar-refractivity contribution in [1.82, 2.24) is 24.8 Å². The number of fused-ring (bicyclic) bond motifs is 3.